The van der Waals surface area contributed by atoms with Crippen LogP contribution in [0.5, 0.6) is 0 Å². The summed E-state index contributed by atoms with van der Waals surface area (Å²) in [4.78, 5) is 27.4. The predicted octanol–water partition coefficient (Wildman–Crippen LogP) is 3.11. The summed E-state index contributed by atoms with van der Waals surface area (Å²) in [6, 6.07) is 0. The van der Waals surface area contributed by atoms with E-state index < -0.39 is 0 Å². The molecule has 138 valence electrons. The van der Waals surface area contributed by atoms with Crippen LogP contribution < -0.4 is 5.32 Å². The van der Waals surface area contributed by atoms with Gasteiger partial charge in [-0.15, -0.1) is 0 Å². The Hall–Kier alpha value is -1.06. The topological polar surface area (TPSA) is 49.4 Å². The molecule has 2 amide bonds. The molecule has 0 aromatic rings. The zero-order valence-electron chi connectivity index (χ0n) is 15.3. The van der Waals surface area contributed by atoms with Gasteiger partial charge in [0, 0.05) is 30.5 Å². The van der Waals surface area contributed by atoms with E-state index in [1.54, 1.807) is 0 Å². The third-order valence-electron chi connectivity index (χ3n) is 8.06. The van der Waals surface area contributed by atoms with Crippen LogP contribution in [-0.4, -0.2) is 35.3 Å². The van der Waals surface area contributed by atoms with Crippen molar-refractivity contribution < 1.29 is 9.59 Å². The molecule has 25 heavy (non-hydrogen) atoms. The number of carbonyl (C=O) groups is 2. The number of hydrogen-bond acceptors (Lipinski definition) is 2. The molecule has 5 aliphatic carbocycles. The largest absolute Gasteiger partial charge is 0.350 e. The highest BCUT2D eigenvalue weighted by Crippen LogP contribution is 2.55. The fourth-order valence-corrected chi connectivity index (χ4v) is 6.90. The highest BCUT2D eigenvalue weighted by molar-refractivity contribution is 5.82. The molecule has 1 heterocycles. The minimum Gasteiger partial charge on any atom is -0.350 e. The highest BCUT2D eigenvalue weighted by Gasteiger charge is 2.52. The number of likely N-dealkylation sites (tertiary alicyclic amines) is 1. The second kappa shape index (κ2) is 5.99. The fourth-order valence-electron chi connectivity index (χ4n) is 6.90. The molecule has 5 saturated carbocycles. The SMILES string of the molecule is O=C(NC12CC3CC(CC(C3)C1)C2)C1CCN(C(=O)C2CCC2)CC1. The quantitative estimate of drug-likeness (QED) is 0.855. The van der Waals surface area contributed by atoms with Crippen LogP contribution in [0.1, 0.15) is 70.6 Å². The van der Waals surface area contributed by atoms with Gasteiger partial charge in [-0.25, -0.2) is 0 Å². The van der Waals surface area contributed by atoms with Crippen LogP contribution in [-0.2, 0) is 9.59 Å². The lowest BCUT2D eigenvalue weighted by Crippen LogP contribution is -2.61. The van der Waals surface area contributed by atoms with E-state index in [-0.39, 0.29) is 23.3 Å². The van der Waals surface area contributed by atoms with E-state index in [4.69, 9.17) is 0 Å². The minimum atomic E-state index is 0.124. The summed E-state index contributed by atoms with van der Waals surface area (Å²) in [5, 5.41) is 3.54. The molecule has 0 atom stereocenters. The van der Waals surface area contributed by atoms with Crippen LogP contribution in [0.4, 0.5) is 0 Å². The van der Waals surface area contributed by atoms with Gasteiger partial charge in [-0.1, -0.05) is 6.42 Å². The first-order chi connectivity index (χ1) is 12.1. The summed E-state index contributed by atoms with van der Waals surface area (Å²) in [6.07, 6.45) is 13.0. The van der Waals surface area contributed by atoms with Crippen LogP contribution in [0.3, 0.4) is 0 Å². The van der Waals surface area contributed by atoms with Crippen molar-refractivity contribution in [2.24, 2.45) is 29.6 Å². The average molecular weight is 344 g/mol. The second-order valence-corrected chi connectivity index (χ2v) is 9.91. The van der Waals surface area contributed by atoms with Crippen molar-refractivity contribution in [2.45, 2.75) is 76.2 Å². The molecule has 1 N–H and O–H groups in total. The number of nitrogens with zero attached hydrogens (tertiary/aromatic N) is 1. The standard InChI is InChI=1S/C21H32N2O2/c24-19(17-4-6-23(7-5-17)20(25)18-2-1-3-18)22-21-11-14-8-15(12-21)10-16(9-14)13-21/h14-18H,1-13H2,(H,22,24). The Morgan fingerprint density at radius 2 is 1.36 bits per heavy atom. The van der Waals surface area contributed by atoms with Gasteiger partial charge in [-0.3, -0.25) is 9.59 Å². The third-order valence-corrected chi connectivity index (χ3v) is 8.06. The van der Waals surface area contributed by atoms with Gasteiger partial charge in [0.15, 0.2) is 0 Å². The summed E-state index contributed by atoms with van der Waals surface area (Å²) in [6.45, 7) is 1.57. The van der Waals surface area contributed by atoms with Crippen molar-refractivity contribution in [2.75, 3.05) is 13.1 Å². The normalized spacial score (nSPS) is 40.8. The summed E-state index contributed by atoms with van der Waals surface area (Å²) in [5.41, 5.74) is 0.130. The maximum Gasteiger partial charge on any atom is 0.225 e. The summed E-state index contributed by atoms with van der Waals surface area (Å²) in [5.74, 6) is 3.66. The fraction of sp³-hybridized carbons (Fsp3) is 0.905. The van der Waals surface area contributed by atoms with Gasteiger partial charge in [0.2, 0.25) is 11.8 Å². The van der Waals surface area contributed by atoms with Gasteiger partial charge in [-0.2, -0.15) is 0 Å². The Bertz CT molecular complexity index is 525. The van der Waals surface area contributed by atoms with Crippen LogP contribution in [0.2, 0.25) is 0 Å². The number of nitrogens with one attached hydrogen (secondary N) is 1. The van der Waals surface area contributed by atoms with E-state index in [9.17, 15) is 9.59 Å². The van der Waals surface area contributed by atoms with Gasteiger partial charge < -0.3 is 10.2 Å². The Kier molecular flexibility index (Phi) is 3.87. The Morgan fingerprint density at radius 3 is 1.84 bits per heavy atom. The van der Waals surface area contributed by atoms with Crippen molar-refractivity contribution in [3.63, 3.8) is 0 Å². The lowest BCUT2D eigenvalue weighted by molar-refractivity contribution is -0.142. The number of carbonyl (C=O) groups excluding carboxylic acids is 2. The summed E-state index contributed by atoms with van der Waals surface area (Å²) in [7, 11) is 0. The van der Waals surface area contributed by atoms with Gasteiger partial charge >= 0.3 is 0 Å². The van der Waals surface area contributed by atoms with Crippen molar-refractivity contribution in [3.05, 3.63) is 0 Å². The Morgan fingerprint density at radius 1 is 0.800 bits per heavy atom. The number of piperidine rings is 1. The number of hydrogen-bond donors (Lipinski definition) is 1. The third kappa shape index (κ3) is 2.90. The van der Waals surface area contributed by atoms with Gasteiger partial charge in [-0.05, 0) is 82.0 Å². The minimum absolute atomic E-state index is 0.124. The van der Waals surface area contributed by atoms with Crippen LogP contribution in [0.25, 0.3) is 0 Å². The van der Waals surface area contributed by atoms with Crippen molar-refractivity contribution in [1.29, 1.82) is 0 Å². The Balaban J connectivity index is 1.17. The molecule has 4 heteroatoms. The average Bonchev–Trinajstić information content (AvgIpc) is 2.51. The zero-order chi connectivity index (χ0) is 17.0. The highest BCUT2D eigenvalue weighted by atomic mass is 16.2. The molecular formula is C21H32N2O2. The second-order valence-electron chi connectivity index (χ2n) is 9.91. The van der Waals surface area contributed by atoms with Crippen molar-refractivity contribution >= 4 is 11.8 Å². The van der Waals surface area contributed by atoms with E-state index in [1.165, 1.54) is 44.9 Å². The van der Waals surface area contributed by atoms with Crippen molar-refractivity contribution in [3.8, 4) is 0 Å². The van der Waals surface area contributed by atoms with Gasteiger partial charge in [0.1, 0.15) is 0 Å². The Labute approximate surface area is 151 Å². The maximum absolute atomic E-state index is 12.9. The maximum atomic E-state index is 12.9. The number of amides is 2. The zero-order valence-corrected chi connectivity index (χ0v) is 15.3. The molecule has 1 saturated heterocycles. The van der Waals surface area contributed by atoms with E-state index in [0.29, 0.717) is 5.91 Å². The van der Waals surface area contributed by atoms with E-state index in [1.807, 2.05) is 4.90 Å². The first-order valence-electron chi connectivity index (χ1n) is 10.7. The molecule has 6 aliphatic rings. The predicted molar refractivity (Wildman–Crippen MR) is 95.7 cm³/mol. The molecule has 4 nitrogen and oxygen atoms in total. The monoisotopic (exact) mass is 344 g/mol. The summed E-state index contributed by atoms with van der Waals surface area (Å²) < 4.78 is 0. The lowest BCUT2D eigenvalue weighted by atomic mass is 9.53. The molecule has 0 aromatic heterocycles. The molecule has 6 rings (SSSR count). The van der Waals surface area contributed by atoms with E-state index in [2.05, 4.69) is 5.32 Å². The molecule has 0 unspecified atom stereocenters. The summed E-state index contributed by atoms with van der Waals surface area (Å²) >= 11 is 0. The van der Waals surface area contributed by atoms with E-state index >= 15 is 0 Å². The lowest BCUT2D eigenvalue weighted by Gasteiger charge is -2.57. The molecule has 1 aliphatic heterocycles. The molecule has 0 aromatic carbocycles. The van der Waals surface area contributed by atoms with Crippen molar-refractivity contribution in [1.82, 2.24) is 10.2 Å². The molecule has 0 spiro atoms. The van der Waals surface area contributed by atoms with Crippen LogP contribution in [0.15, 0.2) is 0 Å². The van der Waals surface area contributed by atoms with Gasteiger partial charge in [0.05, 0.1) is 0 Å². The van der Waals surface area contributed by atoms with Gasteiger partial charge in [0.25, 0.3) is 0 Å². The first kappa shape index (κ1) is 16.1. The first-order valence-corrected chi connectivity index (χ1v) is 10.7. The number of rotatable bonds is 3. The van der Waals surface area contributed by atoms with E-state index in [0.717, 1.165) is 56.5 Å². The smallest absolute Gasteiger partial charge is 0.225 e. The molecular weight excluding hydrogens is 312 g/mol. The molecule has 6 fully saturated rings. The van der Waals surface area contributed by atoms with Crippen LogP contribution in [0, 0.1) is 29.6 Å². The molecule has 4 bridgehead atoms. The van der Waals surface area contributed by atoms with Crippen LogP contribution >= 0.6 is 0 Å². The molecule has 0 radical (unpaired) electrons.